The van der Waals surface area contributed by atoms with Gasteiger partial charge in [0.25, 0.3) is 0 Å². The van der Waals surface area contributed by atoms with Crippen molar-refractivity contribution in [3.05, 3.63) is 29.3 Å². The van der Waals surface area contributed by atoms with Crippen LogP contribution in [0.15, 0.2) is 12.1 Å². The number of halogens is 2. The summed E-state index contributed by atoms with van der Waals surface area (Å²) in [4.78, 5) is 0. The highest BCUT2D eigenvalue weighted by Crippen LogP contribution is 2.32. The van der Waals surface area contributed by atoms with E-state index in [1.807, 2.05) is 0 Å². The molecule has 100 valence electrons. The number of nitrogens with one attached hydrogen (secondary N) is 1. The van der Waals surface area contributed by atoms with Crippen LogP contribution >= 0.6 is 0 Å². The summed E-state index contributed by atoms with van der Waals surface area (Å²) in [7, 11) is 0. The van der Waals surface area contributed by atoms with Crippen molar-refractivity contribution in [2.24, 2.45) is 11.8 Å². The molecule has 1 aliphatic rings. The van der Waals surface area contributed by atoms with Gasteiger partial charge in [0, 0.05) is 12.1 Å². The van der Waals surface area contributed by atoms with Crippen LogP contribution in [-0.2, 0) is 0 Å². The minimum absolute atomic E-state index is 0.232. The summed E-state index contributed by atoms with van der Waals surface area (Å²) in [6, 6.07) is 2.77. The van der Waals surface area contributed by atoms with E-state index in [0.717, 1.165) is 12.8 Å². The van der Waals surface area contributed by atoms with Crippen LogP contribution in [0.3, 0.4) is 0 Å². The third kappa shape index (κ3) is 2.65. The van der Waals surface area contributed by atoms with Gasteiger partial charge in [-0.2, -0.15) is 0 Å². The fraction of sp³-hybridized carbons (Fsp3) is 0.600. The average Bonchev–Trinajstić information content (AvgIpc) is 2.30. The monoisotopic (exact) mass is 253 g/mol. The van der Waals surface area contributed by atoms with Crippen LogP contribution in [0.1, 0.15) is 38.7 Å². The molecule has 0 amide bonds. The van der Waals surface area contributed by atoms with Gasteiger partial charge in [-0.1, -0.05) is 20.3 Å². The van der Waals surface area contributed by atoms with E-state index in [2.05, 4.69) is 19.2 Å². The highest BCUT2D eigenvalue weighted by Gasteiger charge is 2.28. The molecule has 0 aromatic heterocycles. The fourth-order valence-corrected chi connectivity index (χ4v) is 2.90. The Kier molecular flexibility index (Phi) is 3.88. The van der Waals surface area contributed by atoms with Gasteiger partial charge in [-0.3, -0.25) is 0 Å². The zero-order valence-electron chi connectivity index (χ0n) is 11.3. The van der Waals surface area contributed by atoms with Crippen LogP contribution in [-0.4, -0.2) is 6.04 Å². The van der Waals surface area contributed by atoms with E-state index in [-0.39, 0.29) is 17.7 Å². The lowest BCUT2D eigenvalue weighted by Gasteiger charge is -2.36. The van der Waals surface area contributed by atoms with Crippen molar-refractivity contribution in [1.29, 1.82) is 0 Å². The summed E-state index contributed by atoms with van der Waals surface area (Å²) >= 11 is 0. The molecule has 1 N–H and O–H groups in total. The molecule has 18 heavy (non-hydrogen) atoms. The lowest BCUT2D eigenvalue weighted by atomic mass is 9.78. The van der Waals surface area contributed by atoms with Gasteiger partial charge in [-0.15, -0.1) is 0 Å². The molecule has 1 aliphatic carbocycles. The molecule has 3 heteroatoms. The zero-order chi connectivity index (χ0) is 13.3. The number of rotatable bonds is 2. The van der Waals surface area contributed by atoms with E-state index >= 15 is 0 Å². The van der Waals surface area contributed by atoms with E-state index in [4.69, 9.17) is 0 Å². The maximum Gasteiger partial charge on any atom is 0.146 e. The average molecular weight is 253 g/mol. The second-order valence-electron chi connectivity index (χ2n) is 5.64. The maximum atomic E-state index is 13.8. The summed E-state index contributed by atoms with van der Waals surface area (Å²) in [5.41, 5.74) is 0.645. The van der Waals surface area contributed by atoms with Crippen molar-refractivity contribution in [3.63, 3.8) is 0 Å². The molecule has 1 saturated carbocycles. The van der Waals surface area contributed by atoms with Crippen molar-refractivity contribution < 1.29 is 8.78 Å². The number of hydrogen-bond donors (Lipinski definition) is 1. The largest absolute Gasteiger partial charge is 0.379 e. The maximum absolute atomic E-state index is 13.8. The third-order valence-corrected chi connectivity index (χ3v) is 4.12. The Labute approximate surface area is 108 Å². The van der Waals surface area contributed by atoms with Crippen LogP contribution in [0.25, 0.3) is 0 Å². The number of benzene rings is 1. The fourth-order valence-electron chi connectivity index (χ4n) is 2.90. The van der Waals surface area contributed by atoms with E-state index < -0.39 is 0 Å². The molecular weight excluding hydrogens is 232 g/mol. The summed E-state index contributed by atoms with van der Waals surface area (Å²) < 4.78 is 27.3. The lowest BCUT2D eigenvalue weighted by molar-refractivity contribution is 0.267. The van der Waals surface area contributed by atoms with Crippen molar-refractivity contribution in [1.82, 2.24) is 0 Å². The van der Waals surface area contributed by atoms with Gasteiger partial charge in [0.2, 0.25) is 0 Å². The van der Waals surface area contributed by atoms with Crippen LogP contribution in [0, 0.1) is 30.4 Å². The quantitative estimate of drug-likeness (QED) is 0.817. The van der Waals surface area contributed by atoms with Crippen molar-refractivity contribution in [3.8, 4) is 0 Å². The van der Waals surface area contributed by atoms with E-state index in [1.54, 1.807) is 6.92 Å². The third-order valence-electron chi connectivity index (χ3n) is 4.12. The van der Waals surface area contributed by atoms with Gasteiger partial charge in [-0.05, 0) is 43.2 Å². The Bertz CT molecular complexity index is 421. The van der Waals surface area contributed by atoms with Gasteiger partial charge in [0.05, 0.1) is 5.69 Å². The molecular formula is C15H21F2N. The molecule has 2 rings (SSSR count). The summed E-state index contributed by atoms with van der Waals surface area (Å²) in [5, 5.41) is 3.20. The molecule has 1 aromatic carbocycles. The van der Waals surface area contributed by atoms with Gasteiger partial charge in [0.1, 0.15) is 11.6 Å². The first-order chi connectivity index (χ1) is 8.49. The SMILES string of the molecule is Cc1cc(F)c(NC2C(C)CCCC2C)cc1F. The summed E-state index contributed by atoms with van der Waals surface area (Å²) in [6.45, 7) is 5.93. The molecule has 0 saturated heterocycles. The Morgan fingerprint density at radius 2 is 1.67 bits per heavy atom. The molecule has 0 spiro atoms. The number of aryl methyl sites for hydroxylation is 1. The van der Waals surface area contributed by atoms with Crippen LogP contribution in [0.2, 0.25) is 0 Å². The Balaban J connectivity index is 2.20. The second kappa shape index (κ2) is 5.25. The molecule has 1 aromatic rings. The second-order valence-corrected chi connectivity index (χ2v) is 5.64. The minimum Gasteiger partial charge on any atom is -0.379 e. The van der Waals surface area contributed by atoms with Gasteiger partial charge < -0.3 is 5.32 Å². The van der Waals surface area contributed by atoms with Crippen molar-refractivity contribution in [2.75, 3.05) is 5.32 Å². The van der Waals surface area contributed by atoms with Crippen LogP contribution in [0.5, 0.6) is 0 Å². The topological polar surface area (TPSA) is 12.0 Å². The lowest BCUT2D eigenvalue weighted by Crippen LogP contribution is -2.37. The highest BCUT2D eigenvalue weighted by molar-refractivity contribution is 5.48. The smallest absolute Gasteiger partial charge is 0.146 e. The normalized spacial score (nSPS) is 28.2. The summed E-state index contributed by atoms with van der Waals surface area (Å²) in [6.07, 6.45) is 3.53. The molecule has 1 fully saturated rings. The molecule has 1 nitrogen and oxygen atoms in total. The Morgan fingerprint density at radius 1 is 1.06 bits per heavy atom. The van der Waals surface area contributed by atoms with Crippen molar-refractivity contribution in [2.45, 2.75) is 46.1 Å². The van der Waals surface area contributed by atoms with Gasteiger partial charge in [-0.25, -0.2) is 8.78 Å². The Morgan fingerprint density at radius 3 is 2.28 bits per heavy atom. The zero-order valence-corrected chi connectivity index (χ0v) is 11.3. The van der Waals surface area contributed by atoms with Gasteiger partial charge >= 0.3 is 0 Å². The van der Waals surface area contributed by atoms with Gasteiger partial charge in [0.15, 0.2) is 0 Å². The van der Waals surface area contributed by atoms with E-state index in [0.29, 0.717) is 23.1 Å². The predicted octanol–water partition coefficient (Wildman–Crippen LogP) is 4.51. The first-order valence-electron chi connectivity index (χ1n) is 6.71. The first kappa shape index (κ1) is 13.3. The Hall–Kier alpha value is -1.12. The van der Waals surface area contributed by atoms with E-state index in [1.165, 1.54) is 18.6 Å². The number of hydrogen-bond acceptors (Lipinski definition) is 1. The number of anilines is 1. The van der Waals surface area contributed by atoms with Crippen LogP contribution in [0.4, 0.5) is 14.5 Å². The van der Waals surface area contributed by atoms with Crippen LogP contribution < -0.4 is 5.32 Å². The predicted molar refractivity (Wildman–Crippen MR) is 70.7 cm³/mol. The molecule has 0 aliphatic heterocycles. The van der Waals surface area contributed by atoms with Crippen molar-refractivity contribution >= 4 is 5.69 Å². The minimum atomic E-state index is -0.362. The van der Waals surface area contributed by atoms with E-state index in [9.17, 15) is 8.78 Å². The molecule has 0 heterocycles. The molecule has 0 bridgehead atoms. The molecule has 0 radical (unpaired) electrons. The first-order valence-corrected chi connectivity index (χ1v) is 6.71. The molecule has 2 unspecified atom stereocenters. The standard InChI is InChI=1S/C15H21F2N/c1-9-5-4-6-10(2)15(9)18-14-8-12(16)11(3)7-13(14)17/h7-10,15,18H,4-6H2,1-3H3. The highest BCUT2D eigenvalue weighted by atomic mass is 19.1. The molecule has 2 atom stereocenters. The summed E-state index contributed by atoms with van der Waals surface area (Å²) in [5.74, 6) is 0.281.